The molecule has 1 amide bonds. The molecule has 0 unspecified atom stereocenters. The van der Waals surface area contributed by atoms with Crippen molar-refractivity contribution in [2.24, 2.45) is 5.92 Å². The van der Waals surface area contributed by atoms with Crippen molar-refractivity contribution < 1.29 is 4.79 Å². The third-order valence-corrected chi connectivity index (χ3v) is 2.61. The Kier molecular flexibility index (Phi) is 5.00. The van der Waals surface area contributed by atoms with Crippen LogP contribution in [0.15, 0.2) is 0 Å². The summed E-state index contributed by atoms with van der Waals surface area (Å²) in [5.74, 6) is 0.379. The zero-order valence-electron chi connectivity index (χ0n) is 10.8. The average Bonchev–Trinajstić information content (AvgIpc) is 2.60. The quantitative estimate of drug-likeness (QED) is 0.705. The zero-order chi connectivity index (χ0) is 12.8. The van der Waals surface area contributed by atoms with E-state index in [-0.39, 0.29) is 5.91 Å². The number of carbonyl (C=O) groups is 1. The fourth-order valence-electron chi connectivity index (χ4n) is 1.56. The molecule has 17 heavy (non-hydrogen) atoms. The molecule has 0 fully saturated rings. The number of anilines is 1. The molecular weight excluding hydrogens is 216 g/mol. The predicted octanol–water partition coefficient (Wildman–Crippen LogP) is 1.72. The minimum atomic E-state index is -0.193. The Morgan fingerprint density at radius 3 is 2.82 bits per heavy atom. The van der Waals surface area contributed by atoms with E-state index in [1.165, 1.54) is 0 Å². The SMILES string of the molecule is CCCc1[nH]nc(C(=O)NCCC(C)C)c1N. The number of hydrogen-bond acceptors (Lipinski definition) is 3. The molecule has 5 heteroatoms. The topological polar surface area (TPSA) is 83.8 Å². The van der Waals surface area contributed by atoms with Gasteiger partial charge in [0, 0.05) is 6.54 Å². The molecule has 0 aliphatic rings. The van der Waals surface area contributed by atoms with E-state index >= 15 is 0 Å². The molecule has 4 N–H and O–H groups in total. The van der Waals surface area contributed by atoms with Crippen LogP contribution in [0.4, 0.5) is 5.69 Å². The van der Waals surface area contributed by atoms with Gasteiger partial charge in [-0.05, 0) is 18.8 Å². The van der Waals surface area contributed by atoms with E-state index < -0.39 is 0 Å². The van der Waals surface area contributed by atoms with Crippen molar-refractivity contribution in [1.82, 2.24) is 15.5 Å². The van der Waals surface area contributed by atoms with Crippen LogP contribution in [-0.4, -0.2) is 22.6 Å². The third-order valence-electron chi connectivity index (χ3n) is 2.61. The molecule has 1 rings (SSSR count). The first-order chi connectivity index (χ1) is 8.06. The van der Waals surface area contributed by atoms with Crippen molar-refractivity contribution in [3.05, 3.63) is 11.4 Å². The van der Waals surface area contributed by atoms with Gasteiger partial charge in [-0.3, -0.25) is 9.89 Å². The van der Waals surface area contributed by atoms with Gasteiger partial charge in [0.1, 0.15) is 0 Å². The molecule has 5 nitrogen and oxygen atoms in total. The fraction of sp³-hybridized carbons (Fsp3) is 0.667. The standard InChI is InChI=1S/C12H22N4O/c1-4-5-9-10(13)11(16-15-9)12(17)14-7-6-8(2)3/h8H,4-7,13H2,1-3H3,(H,14,17)(H,15,16). The normalized spacial score (nSPS) is 10.8. The van der Waals surface area contributed by atoms with Crippen LogP contribution in [0.1, 0.15) is 49.8 Å². The van der Waals surface area contributed by atoms with E-state index in [0.29, 0.717) is 23.8 Å². The maximum atomic E-state index is 11.8. The average molecular weight is 238 g/mol. The van der Waals surface area contributed by atoms with Gasteiger partial charge in [-0.15, -0.1) is 0 Å². The number of aromatic amines is 1. The lowest BCUT2D eigenvalue weighted by Crippen LogP contribution is -2.26. The van der Waals surface area contributed by atoms with E-state index in [9.17, 15) is 4.79 Å². The lowest BCUT2D eigenvalue weighted by molar-refractivity contribution is 0.0948. The Bertz CT molecular complexity index is 371. The van der Waals surface area contributed by atoms with Crippen LogP contribution >= 0.6 is 0 Å². The molecule has 1 aromatic heterocycles. The maximum absolute atomic E-state index is 11.8. The molecule has 0 atom stereocenters. The summed E-state index contributed by atoms with van der Waals surface area (Å²) in [6.07, 6.45) is 2.75. The van der Waals surface area contributed by atoms with Crippen LogP contribution in [-0.2, 0) is 6.42 Å². The number of nitrogens with one attached hydrogen (secondary N) is 2. The highest BCUT2D eigenvalue weighted by Gasteiger charge is 2.16. The van der Waals surface area contributed by atoms with Gasteiger partial charge in [-0.1, -0.05) is 27.2 Å². The highest BCUT2D eigenvalue weighted by molar-refractivity contribution is 5.97. The number of carbonyl (C=O) groups excluding carboxylic acids is 1. The van der Waals surface area contributed by atoms with Crippen LogP contribution < -0.4 is 11.1 Å². The Morgan fingerprint density at radius 1 is 1.53 bits per heavy atom. The third kappa shape index (κ3) is 3.76. The lowest BCUT2D eigenvalue weighted by Gasteiger charge is -2.06. The van der Waals surface area contributed by atoms with E-state index in [1.54, 1.807) is 0 Å². The summed E-state index contributed by atoms with van der Waals surface area (Å²) in [5.41, 5.74) is 7.51. The first-order valence-electron chi connectivity index (χ1n) is 6.17. The number of rotatable bonds is 6. The highest BCUT2D eigenvalue weighted by atomic mass is 16.1. The molecule has 0 saturated heterocycles. The molecule has 0 bridgehead atoms. The van der Waals surface area contributed by atoms with E-state index in [4.69, 9.17) is 5.73 Å². The second-order valence-corrected chi connectivity index (χ2v) is 4.65. The number of H-pyrrole nitrogens is 1. The van der Waals surface area contributed by atoms with Gasteiger partial charge in [0.25, 0.3) is 5.91 Å². The largest absolute Gasteiger partial charge is 0.395 e. The molecule has 0 spiro atoms. The first kappa shape index (κ1) is 13.5. The Balaban J connectivity index is 2.57. The molecule has 0 aliphatic carbocycles. The molecule has 96 valence electrons. The minimum absolute atomic E-state index is 0.193. The van der Waals surface area contributed by atoms with Crippen molar-refractivity contribution in [3.63, 3.8) is 0 Å². The van der Waals surface area contributed by atoms with Gasteiger partial charge in [0.05, 0.1) is 11.4 Å². The molecule has 0 aliphatic heterocycles. The monoisotopic (exact) mass is 238 g/mol. The maximum Gasteiger partial charge on any atom is 0.273 e. The molecule has 0 saturated carbocycles. The molecule has 1 aromatic rings. The predicted molar refractivity (Wildman–Crippen MR) is 68.8 cm³/mol. The second-order valence-electron chi connectivity index (χ2n) is 4.65. The number of nitrogens with two attached hydrogens (primary N) is 1. The van der Waals surface area contributed by atoms with Gasteiger partial charge in [0.15, 0.2) is 5.69 Å². The van der Waals surface area contributed by atoms with Crippen molar-refractivity contribution in [1.29, 1.82) is 0 Å². The van der Waals surface area contributed by atoms with Gasteiger partial charge in [0.2, 0.25) is 0 Å². The van der Waals surface area contributed by atoms with Crippen molar-refractivity contribution in [3.8, 4) is 0 Å². The van der Waals surface area contributed by atoms with Crippen molar-refractivity contribution in [2.75, 3.05) is 12.3 Å². The number of nitrogen functional groups attached to an aromatic ring is 1. The minimum Gasteiger partial charge on any atom is -0.395 e. The summed E-state index contributed by atoms with van der Waals surface area (Å²) in [4.78, 5) is 11.8. The number of nitrogens with zero attached hydrogens (tertiary/aromatic N) is 1. The molecule has 0 aromatic carbocycles. The van der Waals surface area contributed by atoms with Gasteiger partial charge in [-0.25, -0.2) is 0 Å². The summed E-state index contributed by atoms with van der Waals surface area (Å²) in [7, 11) is 0. The number of aromatic nitrogens is 2. The number of hydrogen-bond donors (Lipinski definition) is 3. The smallest absolute Gasteiger partial charge is 0.273 e. The Morgan fingerprint density at radius 2 is 2.24 bits per heavy atom. The highest BCUT2D eigenvalue weighted by Crippen LogP contribution is 2.15. The second kappa shape index (κ2) is 6.27. The molecule has 1 heterocycles. The van der Waals surface area contributed by atoms with Crippen LogP contribution in [0, 0.1) is 5.92 Å². The van der Waals surface area contributed by atoms with Crippen molar-refractivity contribution >= 4 is 11.6 Å². The summed E-state index contributed by atoms with van der Waals surface area (Å²) in [6.45, 7) is 6.96. The van der Waals surface area contributed by atoms with Gasteiger partial charge < -0.3 is 11.1 Å². The van der Waals surface area contributed by atoms with E-state index in [2.05, 4.69) is 36.3 Å². The number of aryl methyl sites for hydroxylation is 1. The summed E-state index contributed by atoms with van der Waals surface area (Å²) < 4.78 is 0. The van der Waals surface area contributed by atoms with Gasteiger partial charge >= 0.3 is 0 Å². The Labute approximate surface area is 102 Å². The van der Waals surface area contributed by atoms with Crippen molar-refractivity contribution in [2.45, 2.75) is 40.0 Å². The van der Waals surface area contributed by atoms with Crippen LogP contribution in [0.2, 0.25) is 0 Å². The van der Waals surface area contributed by atoms with Crippen LogP contribution in [0.3, 0.4) is 0 Å². The summed E-state index contributed by atoms with van der Waals surface area (Å²) in [6, 6.07) is 0. The number of amides is 1. The molecular formula is C12H22N4O. The summed E-state index contributed by atoms with van der Waals surface area (Å²) in [5, 5.41) is 9.61. The van der Waals surface area contributed by atoms with Crippen LogP contribution in [0.5, 0.6) is 0 Å². The van der Waals surface area contributed by atoms with E-state index in [0.717, 1.165) is 25.0 Å². The van der Waals surface area contributed by atoms with Crippen LogP contribution in [0.25, 0.3) is 0 Å². The van der Waals surface area contributed by atoms with E-state index in [1.807, 2.05) is 0 Å². The first-order valence-corrected chi connectivity index (χ1v) is 6.17. The summed E-state index contributed by atoms with van der Waals surface area (Å²) >= 11 is 0. The Hall–Kier alpha value is -1.52. The molecule has 0 radical (unpaired) electrons. The zero-order valence-corrected chi connectivity index (χ0v) is 10.8. The fourth-order valence-corrected chi connectivity index (χ4v) is 1.56. The lowest BCUT2D eigenvalue weighted by atomic mass is 10.1. The van der Waals surface area contributed by atoms with Gasteiger partial charge in [-0.2, -0.15) is 5.10 Å².